The Labute approximate surface area is 132 Å². The zero-order valence-corrected chi connectivity index (χ0v) is 13.3. The molecule has 2 atom stereocenters. The molecular formula is C15H19N3O3S. The van der Waals surface area contributed by atoms with Gasteiger partial charge in [0, 0.05) is 0 Å². The van der Waals surface area contributed by atoms with Gasteiger partial charge in [0.15, 0.2) is 5.13 Å². The fourth-order valence-electron chi connectivity index (χ4n) is 2.06. The Morgan fingerprint density at radius 3 is 2.73 bits per heavy atom. The second-order valence-corrected chi connectivity index (χ2v) is 6.15. The molecule has 1 amide bonds. The number of carbonyl (C=O) groups is 2. The van der Waals surface area contributed by atoms with Crippen molar-refractivity contribution in [2.45, 2.75) is 26.3 Å². The molecule has 22 heavy (non-hydrogen) atoms. The van der Waals surface area contributed by atoms with E-state index in [-0.39, 0.29) is 18.4 Å². The number of nitrogens with zero attached hydrogens (tertiary/aromatic N) is 1. The van der Waals surface area contributed by atoms with Crippen molar-refractivity contribution in [3.63, 3.8) is 0 Å². The first-order valence-corrected chi connectivity index (χ1v) is 7.94. The molecular weight excluding hydrogens is 302 g/mol. The lowest BCUT2D eigenvalue weighted by atomic mass is 9.99. The number of hydrogen-bond acceptors (Lipinski definition) is 5. The van der Waals surface area contributed by atoms with E-state index in [0.29, 0.717) is 5.13 Å². The van der Waals surface area contributed by atoms with Crippen molar-refractivity contribution in [2.24, 2.45) is 5.92 Å². The van der Waals surface area contributed by atoms with Gasteiger partial charge in [0.1, 0.15) is 6.04 Å². The van der Waals surface area contributed by atoms with E-state index in [2.05, 4.69) is 15.6 Å². The number of amides is 1. The molecule has 0 spiro atoms. The number of anilines is 1. The van der Waals surface area contributed by atoms with E-state index in [1.54, 1.807) is 0 Å². The number of rotatable bonds is 7. The van der Waals surface area contributed by atoms with Gasteiger partial charge >= 0.3 is 5.97 Å². The zero-order chi connectivity index (χ0) is 16.1. The summed E-state index contributed by atoms with van der Waals surface area (Å²) in [6.45, 7) is 3.71. The van der Waals surface area contributed by atoms with Crippen molar-refractivity contribution in [1.29, 1.82) is 0 Å². The quantitative estimate of drug-likeness (QED) is 0.728. The van der Waals surface area contributed by atoms with Crippen LogP contribution in [0, 0.1) is 5.92 Å². The van der Waals surface area contributed by atoms with Crippen LogP contribution in [-0.2, 0) is 9.59 Å². The number of carboxylic acid groups (broad SMARTS) is 1. The molecule has 0 aliphatic carbocycles. The Hall–Kier alpha value is -1.99. The van der Waals surface area contributed by atoms with Crippen LogP contribution in [0.25, 0.3) is 10.2 Å². The second-order valence-electron chi connectivity index (χ2n) is 5.12. The molecule has 2 rings (SSSR count). The van der Waals surface area contributed by atoms with Gasteiger partial charge in [-0.05, 0) is 18.1 Å². The lowest BCUT2D eigenvalue weighted by Crippen LogP contribution is -2.45. The van der Waals surface area contributed by atoms with Crippen molar-refractivity contribution >= 4 is 38.6 Å². The molecule has 6 nitrogen and oxygen atoms in total. The molecule has 0 bridgehead atoms. The minimum absolute atomic E-state index is 0.0484. The van der Waals surface area contributed by atoms with E-state index in [0.717, 1.165) is 16.6 Å². The summed E-state index contributed by atoms with van der Waals surface area (Å²) >= 11 is 1.39. The number of fused-ring (bicyclic) bond motifs is 1. The fourth-order valence-corrected chi connectivity index (χ4v) is 2.94. The van der Waals surface area contributed by atoms with Crippen LogP contribution in [0.3, 0.4) is 0 Å². The number of hydrogen-bond donors (Lipinski definition) is 3. The Morgan fingerprint density at radius 1 is 1.36 bits per heavy atom. The van der Waals surface area contributed by atoms with Gasteiger partial charge in [-0.3, -0.25) is 14.9 Å². The maximum Gasteiger partial charge on any atom is 0.320 e. The van der Waals surface area contributed by atoms with E-state index in [1.807, 2.05) is 38.1 Å². The summed E-state index contributed by atoms with van der Waals surface area (Å²) < 4.78 is 0.994. The predicted molar refractivity (Wildman–Crippen MR) is 87.1 cm³/mol. The van der Waals surface area contributed by atoms with Crippen molar-refractivity contribution in [3.05, 3.63) is 24.3 Å². The SMILES string of the molecule is CC[C@H](C)[C@H](NCC(=O)Nc1nc2ccccc2s1)C(=O)O. The lowest BCUT2D eigenvalue weighted by Gasteiger charge is -2.19. The van der Waals surface area contributed by atoms with Gasteiger partial charge in [-0.25, -0.2) is 4.98 Å². The molecule has 7 heteroatoms. The third-order valence-corrected chi connectivity index (χ3v) is 4.45. The zero-order valence-electron chi connectivity index (χ0n) is 12.5. The number of aromatic nitrogens is 1. The van der Waals surface area contributed by atoms with Gasteiger partial charge in [0.2, 0.25) is 5.91 Å². The van der Waals surface area contributed by atoms with Gasteiger partial charge < -0.3 is 10.4 Å². The highest BCUT2D eigenvalue weighted by molar-refractivity contribution is 7.22. The standard InChI is InChI=1S/C15H19N3O3S/c1-3-9(2)13(14(20)21)16-8-12(19)18-15-17-10-6-4-5-7-11(10)22-15/h4-7,9,13,16H,3,8H2,1-2H3,(H,20,21)(H,17,18,19)/t9-,13-/m0/s1. The third kappa shape index (κ3) is 4.02. The second kappa shape index (κ2) is 7.33. The number of benzene rings is 1. The number of aliphatic carboxylic acids is 1. The largest absolute Gasteiger partial charge is 0.480 e. The van der Waals surface area contributed by atoms with Crippen molar-refractivity contribution in [1.82, 2.24) is 10.3 Å². The van der Waals surface area contributed by atoms with Crippen LogP contribution in [0.1, 0.15) is 20.3 Å². The number of carbonyl (C=O) groups excluding carboxylic acids is 1. The highest BCUT2D eigenvalue weighted by Gasteiger charge is 2.23. The van der Waals surface area contributed by atoms with E-state index >= 15 is 0 Å². The molecule has 118 valence electrons. The van der Waals surface area contributed by atoms with E-state index in [4.69, 9.17) is 5.11 Å². The first-order valence-electron chi connectivity index (χ1n) is 7.13. The minimum Gasteiger partial charge on any atom is -0.480 e. The van der Waals surface area contributed by atoms with Crippen LogP contribution in [0.2, 0.25) is 0 Å². The summed E-state index contributed by atoms with van der Waals surface area (Å²) in [4.78, 5) is 27.4. The van der Waals surface area contributed by atoms with Gasteiger partial charge in [-0.2, -0.15) is 0 Å². The Bertz CT molecular complexity index is 638. The third-order valence-electron chi connectivity index (χ3n) is 3.50. The summed E-state index contributed by atoms with van der Waals surface area (Å²) in [5, 5.41) is 15.2. The molecule has 0 fully saturated rings. The van der Waals surface area contributed by atoms with Gasteiger partial charge in [-0.15, -0.1) is 0 Å². The normalized spacial score (nSPS) is 13.7. The van der Waals surface area contributed by atoms with Crippen LogP contribution >= 0.6 is 11.3 Å². The number of para-hydroxylation sites is 1. The van der Waals surface area contributed by atoms with Crippen LogP contribution in [0.4, 0.5) is 5.13 Å². The van der Waals surface area contributed by atoms with Gasteiger partial charge in [-0.1, -0.05) is 43.7 Å². The molecule has 2 aromatic rings. The molecule has 1 aromatic heterocycles. The first-order chi connectivity index (χ1) is 10.5. The van der Waals surface area contributed by atoms with Crippen LogP contribution in [0.5, 0.6) is 0 Å². The van der Waals surface area contributed by atoms with Crippen LogP contribution < -0.4 is 10.6 Å². The maximum absolute atomic E-state index is 11.9. The number of carboxylic acids is 1. The average molecular weight is 321 g/mol. The average Bonchev–Trinajstić information content (AvgIpc) is 2.88. The maximum atomic E-state index is 11.9. The molecule has 1 heterocycles. The smallest absolute Gasteiger partial charge is 0.320 e. The number of thiazole rings is 1. The van der Waals surface area contributed by atoms with Crippen molar-refractivity contribution < 1.29 is 14.7 Å². The van der Waals surface area contributed by atoms with Gasteiger partial charge in [0.05, 0.1) is 16.8 Å². The molecule has 0 saturated carbocycles. The van der Waals surface area contributed by atoms with Crippen molar-refractivity contribution in [3.8, 4) is 0 Å². The van der Waals surface area contributed by atoms with E-state index < -0.39 is 12.0 Å². The number of nitrogens with one attached hydrogen (secondary N) is 2. The Balaban J connectivity index is 1.93. The molecule has 1 aromatic carbocycles. The molecule has 0 radical (unpaired) electrons. The Morgan fingerprint density at radius 2 is 2.09 bits per heavy atom. The summed E-state index contributed by atoms with van der Waals surface area (Å²) in [6.07, 6.45) is 0.726. The fraction of sp³-hybridized carbons (Fsp3) is 0.400. The summed E-state index contributed by atoms with van der Waals surface area (Å²) in [5.41, 5.74) is 0.832. The molecule has 0 aliphatic rings. The molecule has 0 aliphatic heterocycles. The lowest BCUT2D eigenvalue weighted by molar-refractivity contribution is -0.140. The predicted octanol–water partition coefficient (Wildman–Crippen LogP) is 2.32. The summed E-state index contributed by atoms with van der Waals surface area (Å²) in [6, 6.07) is 6.88. The molecule has 0 saturated heterocycles. The minimum atomic E-state index is -0.942. The Kier molecular flexibility index (Phi) is 5.46. The summed E-state index contributed by atoms with van der Waals surface area (Å²) in [7, 11) is 0. The van der Waals surface area contributed by atoms with Crippen LogP contribution in [-0.4, -0.2) is 34.6 Å². The molecule has 0 unspecified atom stereocenters. The van der Waals surface area contributed by atoms with E-state index in [1.165, 1.54) is 11.3 Å². The van der Waals surface area contributed by atoms with Gasteiger partial charge in [0.25, 0.3) is 0 Å². The molecule has 3 N–H and O–H groups in total. The summed E-state index contributed by atoms with van der Waals surface area (Å²) in [5.74, 6) is -1.29. The highest BCUT2D eigenvalue weighted by atomic mass is 32.1. The highest BCUT2D eigenvalue weighted by Crippen LogP contribution is 2.25. The topological polar surface area (TPSA) is 91.3 Å². The van der Waals surface area contributed by atoms with Crippen LogP contribution in [0.15, 0.2) is 24.3 Å². The van der Waals surface area contributed by atoms with E-state index in [9.17, 15) is 9.59 Å². The van der Waals surface area contributed by atoms with Crippen molar-refractivity contribution in [2.75, 3.05) is 11.9 Å². The monoisotopic (exact) mass is 321 g/mol. The first kappa shape index (κ1) is 16.4.